The van der Waals surface area contributed by atoms with Crippen molar-refractivity contribution in [3.05, 3.63) is 30.9 Å². The maximum Gasteiger partial charge on any atom is 0.315 e. The molecule has 2 heterocycles. The first-order valence-corrected chi connectivity index (χ1v) is 10.2. The number of imidazole rings is 1. The standard InChI is InChI=1S/C21H31N3O2/c1-15-5-3-6-21(2)12-19-16(11-18(15)21)17(20(25)26-19)13-22-7-4-9-24-10-8-23-14-24/h8,10,14,16-19,22H,1,3-7,9,11-13H2,2H3/p+1/t16-,17-,18+,19-,21-/m1/s1. The highest BCUT2D eigenvalue weighted by Gasteiger charge is 2.55. The molecule has 3 fully saturated rings. The monoisotopic (exact) mass is 358 g/mol. The Morgan fingerprint density at radius 1 is 1.50 bits per heavy atom. The fraction of sp³-hybridized carbons (Fsp3) is 0.714. The lowest BCUT2D eigenvalue weighted by molar-refractivity contribution is -0.659. The Kier molecular flexibility index (Phi) is 4.91. The molecule has 142 valence electrons. The Bertz CT molecular complexity index is 656. The van der Waals surface area contributed by atoms with Crippen molar-refractivity contribution in [1.29, 1.82) is 0 Å². The Hall–Kier alpha value is -1.62. The Morgan fingerprint density at radius 2 is 2.38 bits per heavy atom. The van der Waals surface area contributed by atoms with Gasteiger partial charge in [0.1, 0.15) is 12.0 Å². The van der Waals surface area contributed by atoms with Gasteiger partial charge >= 0.3 is 5.97 Å². The third-order valence-electron chi connectivity index (χ3n) is 7.12. The minimum absolute atomic E-state index is 0.0405. The quantitative estimate of drug-likeness (QED) is 0.481. The van der Waals surface area contributed by atoms with E-state index in [2.05, 4.69) is 28.4 Å². The predicted octanol–water partition coefficient (Wildman–Crippen LogP) is 2.15. The van der Waals surface area contributed by atoms with E-state index in [9.17, 15) is 4.79 Å². The summed E-state index contributed by atoms with van der Waals surface area (Å²) >= 11 is 0. The van der Waals surface area contributed by atoms with Gasteiger partial charge in [0.05, 0.1) is 19.4 Å². The van der Waals surface area contributed by atoms with Crippen LogP contribution in [0.4, 0.5) is 0 Å². The highest BCUT2D eigenvalue weighted by Crippen LogP contribution is 2.56. The van der Waals surface area contributed by atoms with Crippen molar-refractivity contribution in [2.24, 2.45) is 23.2 Å². The number of allylic oxidation sites excluding steroid dienone is 1. The zero-order valence-corrected chi connectivity index (χ0v) is 15.9. The van der Waals surface area contributed by atoms with Gasteiger partial charge in [-0.05, 0) is 43.4 Å². The Labute approximate surface area is 156 Å². The van der Waals surface area contributed by atoms with Crippen LogP contribution in [-0.2, 0) is 16.1 Å². The predicted molar refractivity (Wildman–Crippen MR) is 99.2 cm³/mol. The van der Waals surface area contributed by atoms with Crippen molar-refractivity contribution in [2.45, 2.75) is 58.1 Å². The van der Waals surface area contributed by atoms with Crippen LogP contribution in [0, 0.1) is 23.2 Å². The Morgan fingerprint density at radius 3 is 3.19 bits per heavy atom. The molecule has 0 spiro atoms. The van der Waals surface area contributed by atoms with Crippen LogP contribution in [0.2, 0.25) is 0 Å². The maximum atomic E-state index is 12.5. The summed E-state index contributed by atoms with van der Waals surface area (Å²) in [5.74, 6) is 1.07. The molecule has 0 bridgehead atoms. The lowest BCUT2D eigenvalue weighted by Crippen LogP contribution is -2.86. The zero-order chi connectivity index (χ0) is 18.1. The molecule has 0 aromatic carbocycles. The number of aryl methyl sites for hydroxylation is 1. The number of esters is 1. The maximum absolute atomic E-state index is 12.5. The summed E-state index contributed by atoms with van der Waals surface area (Å²) in [4.78, 5) is 16.6. The van der Waals surface area contributed by atoms with E-state index in [1.54, 1.807) is 0 Å². The lowest BCUT2D eigenvalue weighted by Gasteiger charge is -2.49. The molecule has 0 amide bonds. The van der Waals surface area contributed by atoms with Gasteiger partial charge in [-0.2, -0.15) is 0 Å². The second-order valence-corrected chi connectivity index (χ2v) is 8.87. The molecular weight excluding hydrogens is 326 g/mol. The average Bonchev–Trinajstić information content (AvgIpc) is 3.21. The second-order valence-electron chi connectivity index (χ2n) is 8.87. The third kappa shape index (κ3) is 3.34. The summed E-state index contributed by atoms with van der Waals surface area (Å²) < 4.78 is 7.94. The van der Waals surface area contributed by atoms with Gasteiger partial charge in [0.25, 0.3) is 0 Å². The average molecular weight is 359 g/mol. The van der Waals surface area contributed by atoms with Gasteiger partial charge in [-0.25, -0.2) is 4.98 Å². The van der Waals surface area contributed by atoms with Crippen LogP contribution in [0.25, 0.3) is 0 Å². The summed E-state index contributed by atoms with van der Waals surface area (Å²) in [6.45, 7) is 9.64. The van der Waals surface area contributed by atoms with Crippen molar-refractivity contribution < 1.29 is 14.8 Å². The van der Waals surface area contributed by atoms with Crippen LogP contribution in [0.1, 0.15) is 45.4 Å². The van der Waals surface area contributed by atoms with Crippen molar-refractivity contribution in [3.63, 3.8) is 0 Å². The topological polar surface area (TPSA) is 60.7 Å². The highest BCUT2D eigenvalue weighted by molar-refractivity contribution is 5.75. The molecule has 1 aromatic heterocycles. The van der Waals surface area contributed by atoms with Gasteiger partial charge in [0, 0.05) is 31.3 Å². The minimum atomic E-state index is 0.0405. The van der Waals surface area contributed by atoms with E-state index in [1.807, 2.05) is 18.7 Å². The molecule has 3 aliphatic rings. The highest BCUT2D eigenvalue weighted by atomic mass is 16.6. The van der Waals surface area contributed by atoms with E-state index in [0.29, 0.717) is 17.3 Å². The van der Waals surface area contributed by atoms with Crippen LogP contribution in [0.15, 0.2) is 30.9 Å². The second kappa shape index (κ2) is 7.18. The number of carbonyl (C=O) groups excluding carboxylic acids is 1. The van der Waals surface area contributed by atoms with E-state index >= 15 is 0 Å². The minimum Gasteiger partial charge on any atom is -0.462 e. The fourth-order valence-electron chi connectivity index (χ4n) is 5.66. The summed E-state index contributed by atoms with van der Waals surface area (Å²) in [7, 11) is 0. The van der Waals surface area contributed by atoms with Gasteiger partial charge in [-0.1, -0.05) is 19.1 Å². The van der Waals surface area contributed by atoms with E-state index in [0.717, 1.165) is 45.3 Å². The van der Waals surface area contributed by atoms with Gasteiger partial charge in [-0.15, -0.1) is 0 Å². The number of rotatable bonds is 6. The van der Waals surface area contributed by atoms with E-state index in [1.165, 1.54) is 18.4 Å². The van der Waals surface area contributed by atoms with E-state index in [4.69, 9.17) is 4.74 Å². The molecule has 26 heavy (non-hydrogen) atoms. The number of ether oxygens (including phenoxy) is 1. The number of quaternary nitrogens is 1. The smallest absolute Gasteiger partial charge is 0.315 e. The van der Waals surface area contributed by atoms with Gasteiger partial charge in [0.15, 0.2) is 0 Å². The first-order valence-electron chi connectivity index (χ1n) is 10.2. The molecule has 2 N–H and O–H groups in total. The van der Waals surface area contributed by atoms with Gasteiger partial charge < -0.3 is 14.6 Å². The zero-order valence-electron chi connectivity index (χ0n) is 15.9. The number of nitrogens with two attached hydrogens (primary N) is 1. The lowest BCUT2D eigenvalue weighted by atomic mass is 9.55. The molecule has 0 radical (unpaired) electrons. The van der Waals surface area contributed by atoms with Crippen molar-refractivity contribution in [2.75, 3.05) is 13.1 Å². The number of fused-ring (bicyclic) bond motifs is 2. The molecule has 5 nitrogen and oxygen atoms in total. The van der Waals surface area contributed by atoms with Gasteiger partial charge in [-0.3, -0.25) is 4.79 Å². The number of aromatic nitrogens is 2. The number of carbonyl (C=O) groups is 1. The SMILES string of the molecule is C=C1CCC[C@]2(C)C[C@H]3OC(=O)[C@H](C[NH2+]CCCn4ccnc4)[C@H]3C[C@@H]12. The molecule has 2 saturated carbocycles. The van der Waals surface area contributed by atoms with E-state index < -0.39 is 0 Å². The molecule has 1 aromatic rings. The summed E-state index contributed by atoms with van der Waals surface area (Å²) in [5.41, 5.74) is 1.71. The van der Waals surface area contributed by atoms with Crippen molar-refractivity contribution in [1.82, 2.24) is 9.55 Å². The molecule has 1 saturated heterocycles. The van der Waals surface area contributed by atoms with Crippen molar-refractivity contribution in [3.8, 4) is 0 Å². The summed E-state index contributed by atoms with van der Waals surface area (Å²) in [5, 5.41) is 2.30. The van der Waals surface area contributed by atoms with Crippen LogP contribution in [0.3, 0.4) is 0 Å². The van der Waals surface area contributed by atoms with Crippen LogP contribution in [0.5, 0.6) is 0 Å². The van der Waals surface area contributed by atoms with Crippen LogP contribution in [-0.4, -0.2) is 34.7 Å². The normalized spacial score (nSPS) is 36.5. The molecule has 5 heteroatoms. The summed E-state index contributed by atoms with van der Waals surface area (Å²) in [6, 6.07) is 0. The van der Waals surface area contributed by atoms with Crippen molar-refractivity contribution >= 4 is 5.97 Å². The number of hydrogen-bond acceptors (Lipinski definition) is 3. The largest absolute Gasteiger partial charge is 0.462 e. The van der Waals surface area contributed by atoms with Gasteiger partial charge in [0.2, 0.25) is 0 Å². The summed E-state index contributed by atoms with van der Waals surface area (Å²) in [6.07, 6.45) is 12.7. The first-order chi connectivity index (χ1) is 12.6. The van der Waals surface area contributed by atoms with E-state index in [-0.39, 0.29) is 18.0 Å². The molecule has 4 rings (SSSR count). The third-order valence-corrected chi connectivity index (χ3v) is 7.12. The molecule has 1 aliphatic heterocycles. The van der Waals surface area contributed by atoms with Crippen LogP contribution >= 0.6 is 0 Å². The first kappa shape index (κ1) is 17.8. The Balaban J connectivity index is 1.31. The molecule has 2 aliphatic carbocycles. The number of hydrogen-bond donors (Lipinski definition) is 1. The number of nitrogens with zero attached hydrogens (tertiary/aromatic N) is 2. The molecular formula is C21H32N3O2+. The molecule has 0 unspecified atom stereocenters. The molecule has 5 atom stereocenters. The van der Waals surface area contributed by atoms with Crippen LogP contribution < -0.4 is 5.32 Å². The fourth-order valence-corrected chi connectivity index (χ4v) is 5.66.